The molecule has 1 atom stereocenters. The van der Waals surface area contributed by atoms with Gasteiger partial charge in [0.25, 0.3) is 5.91 Å². The Hall–Kier alpha value is -1.79. The fourth-order valence-corrected chi connectivity index (χ4v) is 1.74. The average Bonchev–Trinajstić information content (AvgIpc) is 2.43. The number of rotatable bonds is 3. The van der Waals surface area contributed by atoms with Crippen molar-refractivity contribution in [2.45, 2.75) is 33.2 Å². The van der Waals surface area contributed by atoms with Crippen molar-refractivity contribution in [3.8, 4) is 11.8 Å². The standard InChI is InChI=1S/C16H21NO2/c1-5-13(3)17(4)16(19)15-11-14(7-6-10-18)9-8-12(15)2/h8-9,11,13,18H,5,10H2,1-4H3. The van der Waals surface area contributed by atoms with Gasteiger partial charge >= 0.3 is 0 Å². The topological polar surface area (TPSA) is 40.5 Å². The molecule has 1 rings (SSSR count). The molecule has 3 heteroatoms. The number of hydrogen-bond donors (Lipinski definition) is 1. The highest BCUT2D eigenvalue weighted by Crippen LogP contribution is 2.15. The van der Waals surface area contributed by atoms with Crippen LogP contribution in [-0.2, 0) is 0 Å². The van der Waals surface area contributed by atoms with Crippen molar-refractivity contribution in [1.82, 2.24) is 4.90 Å². The number of aliphatic hydroxyl groups excluding tert-OH is 1. The lowest BCUT2D eigenvalue weighted by Gasteiger charge is -2.24. The van der Waals surface area contributed by atoms with Crippen LogP contribution >= 0.6 is 0 Å². The summed E-state index contributed by atoms with van der Waals surface area (Å²) in [5.41, 5.74) is 2.36. The van der Waals surface area contributed by atoms with Crippen LogP contribution in [0.25, 0.3) is 0 Å². The van der Waals surface area contributed by atoms with Gasteiger partial charge in [-0.1, -0.05) is 24.8 Å². The summed E-state index contributed by atoms with van der Waals surface area (Å²) in [6, 6.07) is 5.75. The Kier molecular flexibility index (Phi) is 5.59. The molecular weight excluding hydrogens is 238 g/mol. The summed E-state index contributed by atoms with van der Waals surface area (Å²) in [6.45, 7) is 5.83. The van der Waals surface area contributed by atoms with E-state index in [0.29, 0.717) is 5.56 Å². The van der Waals surface area contributed by atoms with Crippen molar-refractivity contribution < 1.29 is 9.90 Å². The molecule has 1 unspecified atom stereocenters. The highest BCUT2D eigenvalue weighted by molar-refractivity contribution is 5.96. The second-order valence-corrected chi connectivity index (χ2v) is 4.66. The number of hydrogen-bond acceptors (Lipinski definition) is 2. The zero-order valence-corrected chi connectivity index (χ0v) is 12.0. The number of carbonyl (C=O) groups is 1. The van der Waals surface area contributed by atoms with Crippen molar-refractivity contribution >= 4 is 5.91 Å². The lowest BCUT2D eigenvalue weighted by molar-refractivity contribution is 0.0740. The zero-order chi connectivity index (χ0) is 14.4. The van der Waals surface area contributed by atoms with Gasteiger partial charge in [-0.05, 0) is 38.0 Å². The van der Waals surface area contributed by atoms with E-state index in [4.69, 9.17) is 5.11 Å². The van der Waals surface area contributed by atoms with Gasteiger partial charge in [-0.15, -0.1) is 0 Å². The molecule has 0 radical (unpaired) electrons. The molecule has 1 N–H and O–H groups in total. The number of benzene rings is 1. The molecule has 3 nitrogen and oxygen atoms in total. The van der Waals surface area contributed by atoms with Crippen molar-refractivity contribution in [2.24, 2.45) is 0 Å². The van der Waals surface area contributed by atoms with Gasteiger partial charge in [0.05, 0.1) is 0 Å². The van der Waals surface area contributed by atoms with Crippen molar-refractivity contribution in [3.05, 3.63) is 34.9 Å². The zero-order valence-electron chi connectivity index (χ0n) is 12.0. The number of nitrogens with zero attached hydrogens (tertiary/aromatic N) is 1. The van der Waals surface area contributed by atoms with Crippen LogP contribution in [0.4, 0.5) is 0 Å². The van der Waals surface area contributed by atoms with Crippen molar-refractivity contribution in [3.63, 3.8) is 0 Å². The molecule has 1 aromatic rings. The molecule has 0 aromatic heterocycles. The molecule has 0 spiro atoms. The van der Waals surface area contributed by atoms with Crippen LogP contribution in [0.5, 0.6) is 0 Å². The predicted molar refractivity (Wildman–Crippen MR) is 77.0 cm³/mol. The Bertz CT molecular complexity index is 511. The molecule has 19 heavy (non-hydrogen) atoms. The lowest BCUT2D eigenvalue weighted by atomic mass is 10.0. The fraction of sp³-hybridized carbons (Fsp3) is 0.438. The second kappa shape index (κ2) is 6.96. The van der Waals surface area contributed by atoms with Crippen LogP contribution in [0.2, 0.25) is 0 Å². The minimum atomic E-state index is -0.177. The smallest absolute Gasteiger partial charge is 0.254 e. The molecular formula is C16H21NO2. The third kappa shape index (κ3) is 3.84. The van der Waals surface area contributed by atoms with Crippen LogP contribution in [0, 0.1) is 18.8 Å². The van der Waals surface area contributed by atoms with Gasteiger partial charge < -0.3 is 10.0 Å². The van der Waals surface area contributed by atoms with Gasteiger partial charge in [0.15, 0.2) is 0 Å². The van der Waals surface area contributed by atoms with Crippen LogP contribution in [0.1, 0.15) is 41.8 Å². The number of carbonyl (C=O) groups excluding carboxylic acids is 1. The van der Waals surface area contributed by atoms with Crippen molar-refractivity contribution in [2.75, 3.05) is 13.7 Å². The first-order chi connectivity index (χ1) is 9.01. The normalized spacial score (nSPS) is 11.4. The monoisotopic (exact) mass is 259 g/mol. The van der Waals surface area contributed by atoms with E-state index in [9.17, 15) is 4.79 Å². The van der Waals surface area contributed by atoms with Crippen LogP contribution < -0.4 is 0 Å². The summed E-state index contributed by atoms with van der Waals surface area (Å²) in [7, 11) is 1.82. The molecule has 0 aliphatic rings. The minimum Gasteiger partial charge on any atom is -0.384 e. The third-order valence-corrected chi connectivity index (χ3v) is 3.35. The first-order valence-corrected chi connectivity index (χ1v) is 6.48. The Morgan fingerprint density at radius 2 is 2.16 bits per heavy atom. The summed E-state index contributed by atoms with van der Waals surface area (Å²) in [6.07, 6.45) is 0.922. The largest absolute Gasteiger partial charge is 0.384 e. The van der Waals surface area contributed by atoms with Gasteiger partial charge in [0.2, 0.25) is 0 Å². The van der Waals surface area contributed by atoms with E-state index >= 15 is 0 Å². The lowest BCUT2D eigenvalue weighted by Crippen LogP contribution is -2.35. The van der Waals surface area contributed by atoms with E-state index in [-0.39, 0.29) is 18.6 Å². The summed E-state index contributed by atoms with van der Waals surface area (Å²) in [5.74, 6) is 5.44. The van der Waals surface area contributed by atoms with E-state index in [0.717, 1.165) is 17.5 Å². The van der Waals surface area contributed by atoms with Crippen molar-refractivity contribution in [1.29, 1.82) is 0 Å². The van der Waals surface area contributed by atoms with Crippen LogP contribution in [0.15, 0.2) is 18.2 Å². The Morgan fingerprint density at radius 1 is 1.47 bits per heavy atom. The molecule has 0 aliphatic heterocycles. The summed E-state index contributed by atoms with van der Waals surface area (Å²) < 4.78 is 0. The van der Waals surface area contributed by atoms with E-state index < -0.39 is 0 Å². The highest BCUT2D eigenvalue weighted by atomic mass is 16.2. The maximum atomic E-state index is 12.4. The molecule has 102 valence electrons. The molecule has 0 fully saturated rings. The fourth-order valence-electron chi connectivity index (χ4n) is 1.74. The van der Waals surface area contributed by atoms with Gasteiger partial charge in [-0.2, -0.15) is 0 Å². The van der Waals surface area contributed by atoms with E-state index in [1.807, 2.05) is 33.0 Å². The van der Waals surface area contributed by atoms with Gasteiger partial charge in [-0.3, -0.25) is 4.79 Å². The van der Waals surface area contributed by atoms with Gasteiger partial charge in [0.1, 0.15) is 6.61 Å². The van der Waals surface area contributed by atoms with E-state index in [2.05, 4.69) is 18.8 Å². The second-order valence-electron chi connectivity index (χ2n) is 4.66. The van der Waals surface area contributed by atoms with Crippen LogP contribution in [0.3, 0.4) is 0 Å². The van der Waals surface area contributed by atoms with Gasteiger partial charge in [-0.25, -0.2) is 0 Å². The molecule has 1 aromatic carbocycles. The molecule has 0 saturated heterocycles. The van der Waals surface area contributed by atoms with Crippen LogP contribution in [-0.4, -0.2) is 35.6 Å². The molecule has 0 aliphatic carbocycles. The van der Waals surface area contributed by atoms with E-state index in [1.165, 1.54) is 0 Å². The predicted octanol–water partition coefficient (Wildman–Crippen LogP) is 2.21. The Labute approximate surface area is 115 Å². The van der Waals surface area contributed by atoms with Gasteiger partial charge in [0, 0.05) is 24.2 Å². The Morgan fingerprint density at radius 3 is 2.74 bits per heavy atom. The molecule has 0 bridgehead atoms. The highest BCUT2D eigenvalue weighted by Gasteiger charge is 2.18. The maximum Gasteiger partial charge on any atom is 0.254 e. The molecule has 0 heterocycles. The average molecular weight is 259 g/mol. The quantitative estimate of drug-likeness (QED) is 0.845. The maximum absolute atomic E-state index is 12.4. The number of amides is 1. The molecule has 0 saturated carbocycles. The number of aryl methyl sites for hydroxylation is 1. The first kappa shape index (κ1) is 15.3. The third-order valence-electron chi connectivity index (χ3n) is 3.35. The Balaban J connectivity index is 3.08. The number of aliphatic hydroxyl groups is 1. The SMILES string of the molecule is CCC(C)N(C)C(=O)c1cc(C#CCO)ccc1C. The first-order valence-electron chi connectivity index (χ1n) is 6.48. The summed E-state index contributed by atoms with van der Waals surface area (Å²) in [5, 5.41) is 8.70. The minimum absolute atomic E-state index is 0.0134. The summed E-state index contributed by atoms with van der Waals surface area (Å²) in [4.78, 5) is 14.2. The van der Waals surface area contributed by atoms with E-state index in [1.54, 1.807) is 11.0 Å². The summed E-state index contributed by atoms with van der Waals surface area (Å²) >= 11 is 0. The molecule has 1 amide bonds.